The minimum absolute atomic E-state index is 0.415. The Morgan fingerprint density at radius 3 is 2.32 bits per heavy atom. The van der Waals surface area contributed by atoms with Crippen LogP contribution in [0.5, 0.6) is 0 Å². The lowest BCUT2D eigenvalue weighted by atomic mass is 10.1. The van der Waals surface area contributed by atoms with E-state index in [1.54, 1.807) is 23.9 Å². The van der Waals surface area contributed by atoms with E-state index >= 15 is 0 Å². The van der Waals surface area contributed by atoms with Gasteiger partial charge in [-0.15, -0.1) is 0 Å². The molecule has 0 aliphatic carbocycles. The minimum Gasteiger partial charge on any atom is -0.399 e. The van der Waals surface area contributed by atoms with Crippen molar-refractivity contribution in [3.8, 4) is 0 Å². The van der Waals surface area contributed by atoms with E-state index in [0.29, 0.717) is 16.4 Å². The molecule has 0 saturated heterocycles. The standard InChI is InChI=1S/C16H17ClN2O2S/c1-16(2,21)15(20)19-14-8-7-12(9-13(14)17)22-11-5-3-10(18)4-6-11/h3-9,21H,18H2,1-2H3,(H,19,20). The minimum atomic E-state index is -1.46. The summed E-state index contributed by atoms with van der Waals surface area (Å²) in [5.41, 5.74) is 5.38. The average Bonchev–Trinajstić information content (AvgIpc) is 2.43. The zero-order valence-electron chi connectivity index (χ0n) is 12.3. The van der Waals surface area contributed by atoms with Crippen molar-refractivity contribution in [1.82, 2.24) is 0 Å². The summed E-state index contributed by atoms with van der Waals surface area (Å²) >= 11 is 7.73. The Kier molecular flexibility index (Phi) is 5.01. The van der Waals surface area contributed by atoms with E-state index in [1.165, 1.54) is 13.8 Å². The van der Waals surface area contributed by atoms with Crippen LogP contribution in [0, 0.1) is 0 Å². The predicted molar refractivity (Wildman–Crippen MR) is 91.4 cm³/mol. The van der Waals surface area contributed by atoms with Crippen LogP contribution in [0.4, 0.5) is 11.4 Å². The number of aliphatic hydroxyl groups is 1. The van der Waals surface area contributed by atoms with Gasteiger partial charge in [-0.3, -0.25) is 4.79 Å². The molecule has 1 amide bonds. The van der Waals surface area contributed by atoms with E-state index in [-0.39, 0.29) is 0 Å². The molecule has 0 aliphatic heterocycles. The second kappa shape index (κ2) is 6.60. The van der Waals surface area contributed by atoms with Crippen LogP contribution < -0.4 is 11.1 Å². The topological polar surface area (TPSA) is 75.3 Å². The number of carbonyl (C=O) groups is 1. The van der Waals surface area contributed by atoms with Gasteiger partial charge in [0.1, 0.15) is 5.60 Å². The highest BCUT2D eigenvalue weighted by atomic mass is 35.5. The first kappa shape index (κ1) is 16.7. The van der Waals surface area contributed by atoms with Crippen LogP contribution in [-0.2, 0) is 4.79 Å². The predicted octanol–water partition coefficient (Wildman–Crippen LogP) is 3.78. The Hall–Kier alpha value is -1.69. The van der Waals surface area contributed by atoms with Gasteiger partial charge in [-0.2, -0.15) is 0 Å². The molecule has 2 rings (SSSR count). The number of nitrogens with one attached hydrogen (secondary N) is 1. The van der Waals surface area contributed by atoms with Gasteiger partial charge in [-0.05, 0) is 56.3 Å². The zero-order valence-corrected chi connectivity index (χ0v) is 13.8. The van der Waals surface area contributed by atoms with E-state index in [0.717, 1.165) is 9.79 Å². The second-order valence-corrected chi connectivity index (χ2v) is 6.88. The number of amides is 1. The summed E-state index contributed by atoms with van der Waals surface area (Å²) in [6.07, 6.45) is 0. The molecule has 2 aromatic carbocycles. The second-order valence-electron chi connectivity index (χ2n) is 5.33. The van der Waals surface area contributed by atoms with Gasteiger partial charge in [0.15, 0.2) is 0 Å². The number of anilines is 2. The van der Waals surface area contributed by atoms with Gasteiger partial charge in [0.2, 0.25) is 0 Å². The molecule has 0 unspecified atom stereocenters. The first-order valence-corrected chi connectivity index (χ1v) is 7.82. The molecule has 0 atom stereocenters. The summed E-state index contributed by atoms with van der Waals surface area (Å²) in [4.78, 5) is 13.7. The van der Waals surface area contributed by atoms with E-state index in [1.807, 2.05) is 30.3 Å². The maximum atomic E-state index is 11.8. The fraction of sp³-hybridized carbons (Fsp3) is 0.188. The highest BCUT2D eigenvalue weighted by Crippen LogP contribution is 2.33. The number of halogens is 1. The van der Waals surface area contributed by atoms with Crippen LogP contribution in [-0.4, -0.2) is 16.6 Å². The fourth-order valence-electron chi connectivity index (χ4n) is 1.61. The van der Waals surface area contributed by atoms with Crippen molar-refractivity contribution in [3.05, 3.63) is 47.5 Å². The molecule has 0 bridgehead atoms. The molecule has 0 fully saturated rings. The number of rotatable bonds is 4. The van der Waals surface area contributed by atoms with Gasteiger partial charge in [-0.1, -0.05) is 23.4 Å². The average molecular weight is 337 g/mol. The Morgan fingerprint density at radius 2 is 1.77 bits per heavy atom. The van der Waals surface area contributed by atoms with Crippen molar-refractivity contribution in [2.75, 3.05) is 11.1 Å². The summed E-state index contributed by atoms with van der Waals surface area (Å²) in [6.45, 7) is 2.84. The molecular weight excluding hydrogens is 320 g/mol. The summed E-state index contributed by atoms with van der Waals surface area (Å²) in [5.74, 6) is -0.506. The number of hydrogen-bond donors (Lipinski definition) is 3. The van der Waals surface area contributed by atoms with E-state index < -0.39 is 11.5 Å². The van der Waals surface area contributed by atoms with Crippen molar-refractivity contribution < 1.29 is 9.90 Å². The van der Waals surface area contributed by atoms with Crippen LogP contribution in [0.1, 0.15) is 13.8 Å². The van der Waals surface area contributed by atoms with Gasteiger partial charge >= 0.3 is 0 Å². The summed E-state index contributed by atoms with van der Waals surface area (Å²) in [6, 6.07) is 12.9. The lowest BCUT2D eigenvalue weighted by Gasteiger charge is -2.17. The molecule has 4 nitrogen and oxygen atoms in total. The first-order chi connectivity index (χ1) is 10.3. The first-order valence-electron chi connectivity index (χ1n) is 6.62. The van der Waals surface area contributed by atoms with Crippen LogP contribution in [0.15, 0.2) is 52.3 Å². The molecule has 0 aromatic heterocycles. The van der Waals surface area contributed by atoms with Gasteiger partial charge in [0.25, 0.3) is 5.91 Å². The van der Waals surface area contributed by atoms with Gasteiger partial charge in [0, 0.05) is 15.5 Å². The molecule has 0 aliphatic rings. The van der Waals surface area contributed by atoms with E-state index in [2.05, 4.69) is 5.32 Å². The number of nitrogens with two attached hydrogens (primary N) is 1. The smallest absolute Gasteiger partial charge is 0.255 e. The molecule has 0 spiro atoms. The highest BCUT2D eigenvalue weighted by molar-refractivity contribution is 7.99. The van der Waals surface area contributed by atoms with Crippen LogP contribution in [0.25, 0.3) is 0 Å². The number of hydrogen-bond acceptors (Lipinski definition) is 4. The highest BCUT2D eigenvalue weighted by Gasteiger charge is 2.24. The molecular formula is C16H17ClN2O2S. The third kappa shape index (κ3) is 4.40. The molecule has 4 N–H and O–H groups in total. The lowest BCUT2D eigenvalue weighted by Crippen LogP contribution is -2.36. The third-order valence-electron chi connectivity index (χ3n) is 2.86. The Morgan fingerprint density at radius 1 is 1.18 bits per heavy atom. The molecule has 116 valence electrons. The SMILES string of the molecule is CC(C)(O)C(=O)Nc1ccc(Sc2ccc(N)cc2)cc1Cl. The Balaban J connectivity index is 2.12. The van der Waals surface area contributed by atoms with E-state index in [4.69, 9.17) is 17.3 Å². The van der Waals surface area contributed by atoms with Crippen molar-refractivity contribution in [2.45, 2.75) is 29.2 Å². The van der Waals surface area contributed by atoms with Crippen molar-refractivity contribution >= 4 is 40.6 Å². The number of nitrogen functional groups attached to an aromatic ring is 1. The Bertz CT molecular complexity index is 682. The largest absolute Gasteiger partial charge is 0.399 e. The number of carbonyl (C=O) groups excluding carboxylic acids is 1. The molecule has 0 radical (unpaired) electrons. The summed E-state index contributed by atoms with van der Waals surface area (Å²) < 4.78 is 0. The van der Waals surface area contributed by atoms with Crippen LogP contribution in [0.3, 0.4) is 0 Å². The summed E-state index contributed by atoms with van der Waals surface area (Å²) in [5, 5.41) is 12.7. The lowest BCUT2D eigenvalue weighted by molar-refractivity contribution is -0.130. The van der Waals surface area contributed by atoms with Crippen molar-refractivity contribution in [1.29, 1.82) is 0 Å². The molecule has 2 aromatic rings. The fourth-order valence-corrected chi connectivity index (χ4v) is 2.76. The normalized spacial score (nSPS) is 11.3. The van der Waals surface area contributed by atoms with Crippen LogP contribution >= 0.6 is 23.4 Å². The molecule has 0 saturated carbocycles. The quantitative estimate of drug-likeness (QED) is 0.743. The molecule has 6 heteroatoms. The number of benzene rings is 2. The maximum absolute atomic E-state index is 11.8. The van der Waals surface area contributed by atoms with E-state index in [9.17, 15) is 9.90 Å². The summed E-state index contributed by atoms with van der Waals surface area (Å²) in [7, 11) is 0. The van der Waals surface area contributed by atoms with Gasteiger partial charge in [-0.25, -0.2) is 0 Å². The third-order valence-corrected chi connectivity index (χ3v) is 4.17. The van der Waals surface area contributed by atoms with Crippen LogP contribution in [0.2, 0.25) is 5.02 Å². The molecule has 0 heterocycles. The maximum Gasteiger partial charge on any atom is 0.255 e. The zero-order chi connectivity index (χ0) is 16.3. The molecule has 22 heavy (non-hydrogen) atoms. The van der Waals surface area contributed by atoms with Crippen molar-refractivity contribution in [3.63, 3.8) is 0 Å². The van der Waals surface area contributed by atoms with Gasteiger partial charge < -0.3 is 16.2 Å². The van der Waals surface area contributed by atoms with Crippen molar-refractivity contribution in [2.24, 2.45) is 0 Å². The monoisotopic (exact) mass is 336 g/mol. The van der Waals surface area contributed by atoms with Gasteiger partial charge in [0.05, 0.1) is 10.7 Å². The Labute approximate surface area is 138 Å².